The SMILES string of the molecule is Cl.Cl.[CH2]=[Zr]([C]1=C(C)C(C)=C(C)C1C)([c]1ccc(C)cc1)([c]1ccc(C)cc1)[c]1cc(C(C)(C)C)cc2c1Cc1ccc(C(C)(C)C)cc1-2. The number of fused-ring (bicyclic) bond motifs is 3. The number of hydrogen-bond acceptors (Lipinski definition) is 0. The van der Waals surface area contributed by atoms with E-state index in [-0.39, 0.29) is 35.6 Å². The van der Waals surface area contributed by atoms with E-state index in [9.17, 15) is 0 Å². The Morgan fingerprint density at radius 1 is 0.604 bits per heavy atom. The van der Waals surface area contributed by atoms with Gasteiger partial charge in [0.05, 0.1) is 0 Å². The van der Waals surface area contributed by atoms with E-state index in [0.29, 0.717) is 5.92 Å². The van der Waals surface area contributed by atoms with Crippen LogP contribution in [0.3, 0.4) is 0 Å². The van der Waals surface area contributed by atoms with Gasteiger partial charge in [0.25, 0.3) is 0 Å². The minimum absolute atomic E-state index is 0. The molecular formula is C45H56Cl2Zr. The van der Waals surface area contributed by atoms with Crippen LogP contribution < -0.4 is 9.81 Å². The van der Waals surface area contributed by atoms with Gasteiger partial charge in [-0.25, -0.2) is 0 Å². The molecule has 0 bridgehead atoms. The van der Waals surface area contributed by atoms with Crippen molar-refractivity contribution >= 4 is 38.8 Å². The van der Waals surface area contributed by atoms with Crippen molar-refractivity contribution in [1.29, 1.82) is 0 Å². The van der Waals surface area contributed by atoms with Crippen molar-refractivity contribution in [2.75, 3.05) is 0 Å². The molecule has 0 heterocycles. The molecule has 0 aromatic heterocycles. The molecule has 0 saturated carbocycles. The second-order valence-corrected chi connectivity index (χ2v) is 29.5. The summed E-state index contributed by atoms with van der Waals surface area (Å²) >= 11 is -4.97. The predicted octanol–water partition coefficient (Wildman–Crippen LogP) is 11.0. The summed E-state index contributed by atoms with van der Waals surface area (Å²) < 4.78 is 11.9. The van der Waals surface area contributed by atoms with Gasteiger partial charge in [0.2, 0.25) is 0 Å². The van der Waals surface area contributed by atoms with Crippen LogP contribution in [0.2, 0.25) is 0 Å². The van der Waals surface area contributed by atoms with Crippen molar-refractivity contribution in [3.63, 3.8) is 0 Å². The van der Waals surface area contributed by atoms with E-state index < -0.39 is 18.3 Å². The van der Waals surface area contributed by atoms with Crippen molar-refractivity contribution in [3.05, 3.63) is 132 Å². The van der Waals surface area contributed by atoms with Gasteiger partial charge in [-0.3, -0.25) is 0 Å². The summed E-state index contributed by atoms with van der Waals surface area (Å²) in [6.45, 7) is 28.1. The second-order valence-electron chi connectivity index (χ2n) is 16.9. The Morgan fingerprint density at radius 2 is 1.08 bits per heavy atom. The number of rotatable bonds is 4. The Morgan fingerprint density at radius 3 is 1.52 bits per heavy atom. The molecule has 0 fully saturated rings. The van der Waals surface area contributed by atoms with E-state index in [1.165, 1.54) is 71.0 Å². The first-order chi connectivity index (χ1) is 21.4. The van der Waals surface area contributed by atoms with Crippen LogP contribution in [0.25, 0.3) is 11.1 Å². The molecule has 0 radical (unpaired) electrons. The monoisotopic (exact) mass is 756 g/mol. The van der Waals surface area contributed by atoms with E-state index in [2.05, 4.69) is 162 Å². The average molecular weight is 759 g/mol. The van der Waals surface area contributed by atoms with E-state index in [4.69, 9.17) is 4.21 Å². The zero-order valence-electron chi connectivity index (χ0n) is 31.3. The Hall–Kier alpha value is -2.31. The van der Waals surface area contributed by atoms with Gasteiger partial charge < -0.3 is 0 Å². The van der Waals surface area contributed by atoms with Crippen LogP contribution in [0.4, 0.5) is 0 Å². The topological polar surface area (TPSA) is 0 Å². The molecule has 0 N–H and O–H groups in total. The normalized spacial score (nSPS) is 16.4. The van der Waals surface area contributed by atoms with E-state index in [1.54, 1.807) is 3.28 Å². The van der Waals surface area contributed by atoms with Gasteiger partial charge in [-0.2, -0.15) is 0 Å². The van der Waals surface area contributed by atoms with Crippen molar-refractivity contribution < 1.29 is 18.3 Å². The van der Waals surface area contributed by atoms with Crippen LogP contribution in [0.15, 0.2) is 98.9 Å². The van der Waals surface area contributed by atoms with Gasteiger partial charge in [-0.15, -0.1) is 24.8 Å². The van der Waals surface area contributed by atoms with Crippen LogP contribution in [-0.4, -0.2) is 4.21 Å². The van der Waals surface area contributed by atoms with Gasteiger partial charge >= 0.3 is 282 Å². The molecule has 0 spiro atoms. The Bertz CT molecular complexity index is 1970. The summed E-state index contributed by atoms with van der Waals surface area (Å²) in [5, 5.41) is 0. The van der Waals surface area contributed by atoms with Crippen molar-refractivity contribution in [1.82, 2.24) is 0 Å². The first-order valence-electron chi connectivity index (χ1n) is 17.3. The standard InChI is InChI=1S/C21H25.C9H13.2C7H7.CH2.2ClH.Zr/c1-20(2,3)16-9-7-14-11-15-8-10-17(21(4,5)6)13-19(15)18(14)12-16;1-6-5-7(2)9(4)8(6)3;2*1-7-5-3-2-4-6-7;;;;/h7,9-10,12-13H,11H2,1-6H3;6H,1-4H3;2*3-6H,1H3;1H2;2*1H;. The zero-order chi connectivity index (χ0) is 33.6. The summed E-state index contributed by atoms with van der Waals surface area (Å²) in [7, 11) is 0. The third kappa shape index (κ3) is 5.65. The summed E-state index contributed by atoms with van der Waals surface area (Å²) in [6.07, 6.45) is 0.956. The van der Waals surface area contributed by atoms with Crippen LogP contribution in [0.1, 0.15) is 103 Å². The van der Waals surface area contributed by atoms with Crippen molar-refractivity contribution in [3.8, 4) is 11.1 Å². The van der Waals surface area contributed by atoms with Gasteiger partial charge in [-0.05, 0) is 0 Å². The molecule has 2 aliphatic carbocycles. The molecule has 3 heteroatoms. The van der Waals surface area contributed by atoms with Gasteiger partial charge in [0, 0.05) is 0 Å². The average Bonchev–Trinajstić information content (AvgIpc) is 3.46. The molecule has 0 nitrogen and oxygen atoms in total. The van der Waals surface area contributed by atoms with E-state index >= 15 is 0 Å². The molecule has 0 amide bonds. The second kappa shape index (κ2) is 12.8. The summed E-state index contributed by atoms with van der Waals surface area (Å²) in [5.41, 5.74) is 15.7. The minimum atomic E-state index is -4.97. The molecule has 4 aromatic carbocycles. The van der Waals surface area contributed by atoms with Crippen molar-refractivity contribution in [2.45, 2.75) is 100 Å². The fraction of sp³-hybridized carbons (Fsp3) is 0.356. The number of benzene rings is 4. The predicted molar refractivity (Wildman–Crippen MR) is 215 cm³/mol. The van der Waals surface area contributed by atoms with Gasteiger partial charge in [0.15, 0.2) is 0 Å². The van der Waals surface area contributed by atoms with Crippen molar-refractivity contribution in [2.24, 2.45) is 5.92 Å². The summed E-state index contributed by atoms with van der Waals surface area (Å²) in [4.78, 5) is 0. The third-order valence-electron chi connectivity index (χ3n) is 12.0. The fourth-order valence-electron chi connectivity index (χ4n) is 8.70. The zero-order valence-corrected chi connectivity index (χ0v) is 35.4. The maximum absolute atomic E-state index is 5.87. The number of hydrogen-bond donors (Lipinski definition) is 0. The number of allylic oxidation sites excluding steroid dienone is 4. The van der Waals surface area contributed by atoms with E-state index in [0.717, 1.165) is 6.42 Å². The van der Waals surface area contributed by atoms with Crippen LogP contribution in [0, 0.1) is 19.8 Å². The number of aryl methyl sites for hydroxylation is 2. The summed E-state index contributed by atoms with van der Waals surface area (Å²) in [6, 6.07) is 31.6. The Labute approximate surface area is 304 Å². The molecule has 6 rings (SSSR count). The summed E-state index contributed by atoms with van der Waals surface area (Å²) in [5.74, 6) is 0.330. The van der Waals surface area contributed by atoms with E-state index in [1.807, 2.05) is 0 Å². The first kappa shape index (κ1) is 38.5. The Kier molecular flexibility index (Phi) is 10.3. The molecule has 0 aliphatic heterocycles. The molecule has 1 unspecified atom stereocenters. The number of halogens is 2. The first-order valence-corrected chi connectivity index (χ1v) is 23.9. The molecule has 2 aliphatic rings. The molecule has 254 valence electrons. The molecule has 1 atom stereocenters. The fourth-order valence-corrected chi connectivity index (χ4v) is 26.5. The maximum atomic E-state index is 5.87. The van der Waals surface area contributed by atoms with Crippen LogP contribution >= 0.6 is 24.8 Å². The molecule has 0 saturated heterocycles. The third-order valence-corrected chi connectivity index (χ3v) is 28.8. The van der Waals surface area contributed by atoms with Crippen LogP contribution in [-0.2, 0) is 35.5 Å². The van der Waals surface area contributed by atoms with Crippen LogP contribution in [0.5, 0.6) is 0 Å². The van der Waals surface area contributed by atoms with Gasteiger partial charge in [-0.1, -0.05) is 0 Å². The molecule has 48 heavy (non-hydrogen) atoms. The Balaban J connectivity index is 0.00000260. The molecular weight excluding hydrogens is 703 g/mol. The van der Waals surface area contributed by atoms with Gasteiger partial charge in [0.1, 0.15) is 0 Å². The molecule has 4 aromatic rings. The quantitative estimate of drug-likeness (QED) is 0.171.